The second kappa shape index (κ2) is 9.60. The highest BCUT2D eigenvalue weighted by atomic mass is 35.5. The van der Waals surface area contributed by atoms with Crippen LogP contribution in [0.2, 0.25) is 5.02 Å². The number of carbonyl (C=O) groups excluding carboxylic acids is 1. The molecule has 4 aliphatic rings. The minimum absolute atomic E-state index is 0.0232. The molecule has 5 atom stereocenters. The van der Waals surface area contributed by atoms with E-state index < -0.39 is 33.2 Å². The first-order valence-electron chi connectivity index (χ1n) is 14.0. The molecule has 220 valence electrons. The largest absolute Gasteiger partial charge is 0.493 e. The van der Waals surface area contributed by atoms with E-state index in [4.69, 9.17) is 25.5 Å². The highest BCUT2D eigenvalue weighted by molar-refractivity contribution is 7.89. The molecule has 2 aliphatic carbocycles. The Labute approximate surface area is 249 Å². The Morgan fingerprint density at radius 1 is 1.21 bits per heavy atom. The number of hydrogen-bond donors (Lipinski definition) is 1. The lowest BCUT2D eigenvalue weighted by Gasteiger charge is -2.64. The van der Waals surface area contributed by atoms with Crippen molar-refractivity contribution in [1.29, 1.82) is 0 Å². The number of benzene rings is 2. The third-order valence-corrected chi connectivity index (χ3v) is 12.2. The van der Waals surface area contributed by atoms with Gasteiger partial charge in [-0.25, -0.2) is 8.42 Å². The van der Waals surface area contributed by atoms with E-state index in [-0.39, 0.29) is 34.8 Å². The fourth-order valence-corrected chi connectivity index (χ4v) is 10.1. The normalized spacial score (nSPS) is 29.7. The van der Waals surface area contributed by atoms with Gasteiger partial charge in [0.05, 0.1) is 47.8 Å². The second-order valence-electron chi connectivity index (χ2n) is 11.5. The van der Waals surface area contributed by atoms with Gasteiger partial charge in [-0.15, -0.1) is 0 Å². The number of rotatable bonds is 6. The number of hydrogen-bond acceptors (Lipinski definition) is 7. The molecule has 0 unspecified atom stereocenters. The quantitative estimate of drug-likeness (QED) is 0.420. The molecule has 1 spiro atoms. The van der Waals surface area contributed by atoms with Crippen molar-refractivity contribution in [3.05, 3.63) is 82.8 Å². The summed E-state index contributed by atoms with van der Waals surface area (Å²) >= 11 is 6.37. The van der Waals surface area contributed by atoms with Gasteiger partial charge in [-0.1, -0.05) is 29.8 Å². The van der Waals surface area contributed by atoms with Crippen LogP contribution in [0.15, 0.2) is 70.4 Å². The monoisotopic (exact) mass is 610 g/mol. The average Bonchev–Trinajstić information content (AvgIpc) is 3.61. The summed E-state index contributed by atoms with van der Waals surface area (Å²) in [4.78, 5) is 15.1. The standard InChI is InChI=1S/C31H31ClN2O7S/c1-33(26(35)10-7-19-12-16-40-18-19)22-11-13-31(36)25-17-20-8-9-23(39-2)28-27(20)30(31,29(22)41-28)14-15-34(25)42(37,38)24-6-4-3-5-21(24)32/h3-10,12,16,18,22,25,29,36H,11,13-15,17H2,1-2H3/b10-7-/t22-,25-,29+,30+,31-/m1/s1. The van der Waals surface area contributed by atoms with Gasteiger partial charge in [-0.2, -0.15) is 4.31 Å². The lowest BCUT2D eigenvalue weighted by Crippen LogP contribution is -2.78. The Hall–Kier alpha value is -3.31. The topological polar surface area (TPSA) is 110 Å². The second-order valence-corrected chi connectivity index (χ2v) is 13.8. The Kier molecular flexibility index (Phi) is 6.29. The molecule has 42 heavy (non-hydrogen) atoms. The molecule has 1 saturated carbocycles. The molecular weight excluding hydrogens is 580 g/mol. The lowest BCUT2D eigenvalue weighted by molar-refractivity contribution is -0.186. The van der Waals surface area contributed by atoms with Crippen molar-refractivity contribution in [3.63, 3.8) is 0 Å². The Balaban J connectivity index is 1.32. The highest BCUT2D eigenvalue weighted by Crippen LogP contribution is 2.66. The number of ether oxygens (including phenoxy) is 2. The van der Waals surface area contributed by atoms with Gasteiger partial charge < -0.3 is 23.9 Å². The molecule has 0 radical (unpaired) electrons. The van der Waals surface area contributed by atoms with Gasteiger partial charge in [0, 0.05) is 30.8 Å². The first kappa shape index (κ1) is 27.5. The Bertz CT molecular complexity index is 1710. The zero-order valence-electron chi connectivity index (χ0n) is 23.2. The number of halogens is 1. The summed E-state index contributed by atoms with van der Waals surface area (Å²) in [6.45, 7) is 0.168. The molecule has 1 N–H and O–H groups in total. The molecule has 2 aromatic carbocycles. The first-order chi connectivity index (χ1) is 20.1. The number of methoxy groups -OCH3 is 1. The van der Waals surface area contributed by atoms with Crippen LogP contribution in [0.4, 0.5) is 0 Å². The van der Waals surface area contributed by atoms with Crippen LogP contribution in [0.5, 0.6) is 11.5 Å². The van der Waals surface area contributed by atoms with Crippen molar-refractivity contribution < 1.29 is 32.2 Å². The average molecular weight is 611 g/mol. The molecule has 1 amide bonds. The first-order valence-corrected chi connectivity index (χ1v) is 15.8. The number of carbonyl (C=O) groups is 1. The van der Waals surface area contributed by atoms with Gasteiger partial charge in [0.25, 0.3) is 0 Å². The van der Waals surface area contributed by atoms with Crippen LogP contribution in [0, 0.1) is 0 Å². The maximum atomic E-state index is 14.1. The molecular formula is C31H31ClN2O7S. The van der Waals surface area contributed by atoms with Gasteiger partial charge in [-0.05, 0) is 61.6 Å². The van der Waals surface area contributed by atoms with E-state index in [1.807, 2.05) is 12.1 Å². The van der Waals surface area contributed by atoms with Crippen LogP contribution in [0.1, 0.15) is 36.0 Å². The van der Waals surface area contributed by atoms with Gasteiger partial charge in [0.15, 0.2) is 11.5 Å². The Morgan fingerprint density at radius 2 is 2.02 bits per heavy atom. The number of furan rings is 1. The maximum Gasteiger partial charge on any atom is 0.246 e. The van der Waals surface area contributed by atoms with Crippen molar-refractivity contribution >= 4 is 33.6 Å². The van der Waals surface area contributed by atoms with E-state index >= 15 is 0 Å². The summed E-state index contributed by atoms with van der Waals surface area (Å²) < 4.78 is 47.1. The maximum absolute atomic E-state index is 14.1. The van der Waals surface area contributed by atoms with Gasteiger partial charge in [0.2, 0.25) is 15.9 Å². The summed E-state index contributed by atoms with van der Waals surface area (Å²) in [5.74, 6) is 0.916. The van der Waals surface area contributed by atoms with Crippen LogP contribution in [0.25, 0.3) is 6.08 Å². The lowest BCUT2D eigenvalue weighted by atomic mass is 9.48. The highest BCUT2D eigenvalue weighted by Gasteiger charge is 2.74. The fraction of sp³-hybridized carbons (Fsp3) is 0.387. The van der Waals surface area contributed by atoms with E-state index in [1.54, 1.807) is 61.9 Å². The summed E-state index contributed by atoms with van der Waals surface area (Å²) in [7, 11) is -0.708. The Morgan fingerprint density at radius 3 is 2.76 bits per heavy atom. The van der Waals surface area contributed by atoms with E-state index in [0.717, 1.165) is 16.7 Å². The number of nitrogens with zero attached hydrogens (tertiary/aromatic N) is 2. The molecule has 2 aliphatic heterocycles. The van der Waals surface area contributed by atoms with Crippen molar-refractivity contribution in [3.8, 4) is 11.5 Å². The molecule has 3 heterocycles. The predicted octanol–water partition coefficient (Wildman–Crippen LogP) is 4.03. The van der Waals surface area contributed by atoms with Gasteiger partial charge >= 0.3 is 0 Å². The van der Waals surface area contributed by atoms with Crippen molar-refractivity contribution in [2.45, 2.75) is 59.8 Å². The molecule has 11 heteroatoms. The van der Waals surface area contributed by atoms with E-state index in [2.05, 4.69) is 0 Å². The van der Waals surface area contributed by atoms with Gasteiger partial charge in [0.1, 0.15) is 11.0 Å². The minimum Gasteiger partial charge on any atom is -0.493 e. The molecule has 1 aromatic heterocycles. The molecule has 7 rings (SSSR count). The molecule has 1 saturated heterocycles. The molecule has 9 nitrogen and oxygen atoms in total. The fourth-order valence-electron chi connectivity index (χ4n) is 7.91. The van der Waals surface area contributed by atoms with Crippen molar-refractivity contribution in [1.82, 2.24) is 9.21 Å². The van der Waals surface area contributed by atoms with Crippen LogP contribution in [-0.2, 0) is 26.7 Å². The number of piperidine rings is 1. The summed E-state index contributed by atoms with van der Waals surface area (Å²) in [5, 5.41) is 12.9. The van der Waals surface area contributed by atoms with E-state index in [1.165, 1.54) is 16.4 Å². The molecule has 2 fully saturated rings. The summed E-state index contributed by atoms with van der Waals surface area (Å²) in [5.41, 5.74) is 0.181. The minimum atomic E-state index is -4.03. The summed E-state index contributed by atoms with van der Waals surface area (Å²) in [6, 6.07) is 10.8. The van der Waals surface area contributed by atoms with Crippen LogP contribution >= 0.6 is 11.6 Å². The van der Waals surface area contributed by atoms with Crippen LogP contribution in [0.3, 0.4) is 0 Å². The number of likely N-dealkylation sites (N-methyl/N-ethyl adjacent to an activating group) is 1. The van der Waals surface area contributed by atoms with Crippen LogP contribution in [-0.4, -0.2) is 73.1 Å². The summed E-state index contributed by atoms with van der Waals surface area (Å²) in [6.07, 6.45) is 7.03. The van der Waals surface area contributed by atoms with Crippen LogP contribution < -0.4 is 9.47 Å². The van der Waals surface area contributed by atoms with E-state index in [0.29, 0.717) is 30.8 Å². The molecule has 3 aromatic rings. The van der Waals surface area contributed by atoms with Gasteiger partial charge in [-0.3, -0.25) is 4.79 Å². The van der Waals surface area contributed by atoms with Crippen molar-refractivity contribution in [2.75, 3.05) is 20.7 Å². The predicted molar refractivity (Wildman–Crippen MR) is 155 cm³/mol. The molecule has 2 bridgehead atoms. The van der Waals surface area contributed by atoms with E-state index in [9.17, 15) is 18.3 Å². The number of aliphatic hydroxyl groups is 1. The smallest absolute Gasteiger partial charge is 0.246 e. The zero-order valence-corrected chi connectivity index (χ0v) is 24.8. The third-order valence-electron chi connectivity index (χ3n) is 9.82. The zero-order chi connectivity index (χ0) is 29.4. The SMILES string of the molecule is COc1ccc2c3c1O[C@H]1[C@H](N(C)C(=O)/C=C\c4ccoc4)CC[C@@]4(O)[C@@H](C2)N(S(=O)(=O)c2ccccc2Cl)CC[C@]314. The third kappa shape index (κ3) is 3.62. The number of sulfonamides is 1. The number of amides is 1. The van der Waals surface area contributed by atoms with Crippen molar-refractivity contribution in [2.24, 2.45) is 0 Å².